The van der Waals surface area contributed by atoms with Gasteiger partial charge in [-0.25, -0.2) is 0 Å². The van der Waals surface area contributed by atoms with E-state index in [4.69, 9.17) is 8.83 Å². The molecule has 0 bridgehead atoms. The molecule has 0 unspecified atom stereocenters. The van der Waals surface area contributed by atoms with Gasteiger partial charge >= 0.3 is 0 Å². The Morgan fingerprint density at radius 2 is 0.689 bits per heavy atom. The van der Waals surface area contributed by atoms with Gasteiger partial charge in [-0.1, -0.05) is 158 Å². The molecule has 0 atom stereocenters. The Morgan fingerprint density at radius 3 is 1.34 bits per heavy atom. The fourth-order valence-corrected chi connectivity index (χ4v) is 9.06. The predicted octanol–water partition coefficient (Wildman–Crippen LogP) is 16.8. The fourth-order valence-electron chi connectivity index (χ4n) is 9.06. The molecule has 0 fully saturated rings. The van der Waals surface area contributed by atoms with E-state index in [9.17, 15) is 0 Å². The third-order valence-electron chi connectivity index (χ3n) is 12.1. The summed E-state index contributed by atoms with van der Waals surface area (Å²) in [6.45, 7) is 0. The molecule has 2 aromatic heterocycles. The molecule has 0 N–H and O–H groups in total. The zero-order valence-electron chi connectivity index (χ0n) is 33.1. The van der Waals surface area contributed by atoms with E-state index < -0.39 is 0 Å². The highest BCUT2D eigenvalue weighted by Crippen LogP contribution is 2.43. The summed E-state index contributed by atoms with van der Waals surface area (Å²) in [5.74, 6) is 0. The molecule has 0 aliphatic rings. The standard InChI is InChI=1S/C58H37NO2/c1-2-12-47-41(10-1)11-9-16-48(47)42-22-20-38(21-23-42)39-24-30-45(31-25-39)59(46-32-26-40(27-33-46)43-28-34-52-50-14-4-7-18-55(50)60-57(52)36-43)54-17-6-3-13-49(54)44-29-35-53-51-15-5-8-19-56(51)61-58(53)37-44/h1-37H. The molecule has 12 aromatic rings. The van der Waals surface area contributed by atoms with Crippen molar-refractivity contribution < 1.29 is 8.83 Å². The summed E-state index contributed by atoms with van der Waals surface area (Å²) in [4.78, 5) is 2.36. The monoisotopic (exact) mass is 779 g/mol. The topological polar surface area (TPSA) is 29.5 Å². The van der Waals surface area contributed by atoms with Gasteiger partial charge in [-0.15, -0.1) is 0 Å². The molecular formula is C58H37NO2. The molecule has 0 aliphatic heterocycles. The molecule has 3 heteroatoms. The number of rotatable bonds is 7. The van der Waals surface area contributed by atoms with Crippen molar-refractivity contribution in [3.8, 4) is 44.5 Å². The maximum absolute atomic E-state index is 6.37. The zero-order chi connectivity index (χ0) is 40.3. The Morgan fingerprint density at radius 1 is 0.262 bits per heavy atom. The lowest BCUT2D eigenvalue weighted by molar-refractivity contribution is 0.668. The van der Waals surface area contributed by atoms with Gasteiger partial charge in [0.1, 0.15) is 22.3 Å². The highest BCUT2D eigenvalue weighted by atomic mass is 16.3. The van der Waals surface area contributed by atoms with E-state index in [1.54, 1.807) is 0 Å². The van der Waals surface area contributed by atoms with Crippen molar-refractivity contribution in [2.75, 3.05) is 4.90 Å². The van der Waals surface area contributed by atoms with E-state index in [0.717, 1.165) is 88.8 Å². The first-order chi connectivity index (χ1) is 30.2. The molecule has 2 heterocycles. The lowest BCUT2D eigenvalue weighted by Crippen LogP contribution is -2.11. The van der Waals surface area contributed by atoms with Crippen molar-refractivity contribution in [3.63, 3.8) is 0 Å². The third kappa shape index (κ3) is 6.06. The van der Waals surface area contributed by atoms with Crippen LogP contribution in [-0.4, -0.2) is 0 Å². The molecule has 0 spiro atoms. The van der Waals surface area contributed by atoms with E-state index in [2.05, 4.69) is 205 Å². The fraction of sp³-hybridized carbons (Fsp3) is 0. The average Bonchev–Trinajstić information content (AvgIpc) is 3.90. The second kappa shape index (κ2) is 14.3. The van der Waals surface area contributed by atoms with Crippen LogP contribution in [0.2, 0.25) is 0 Å². The lowest BCUT2D eigenvalue weighted by atomic mass is 9.96. The van der Waals surface area contributed by atoms with Crippen LogP contribution in [0.25, 0.3) is 99.2 Å². The van der Waals surface area contributed by atoms with Crippen LogP contribution < -0.4 is 4.90 Å². The smallest absolute Gasteiger partial charge is 0.136 e. The van der Waals surface area contributed by atoms with Crippen LogP contribution in [0.3, 0.4) is 0 Å². The minimum Gasteiger partial charge on any atom is -0.456 e. The van der Waals surface area contributed by atoms with Crippen LogP contribution in [0.4, 0.5) is 17.1 Å². The van der Waals surface area contributed by atoms with E-state index in [-0.39, 0.29) is 0 Å². The molecule has 0 aliphatic carbocycles. The van der Waals surface area contributed by atoms with Gasteiger partial charge in [-0.3, -0.25) is 0 Å². The minimum absolute atomic E-state index is 0.877. The first-order valence-electron chi connectivity index (χ1n) is 20.7. The number of hydrogen-bond donors (Lipinski definition) is 0. The van der Waals surface area contributed by atoms with Gasteiger partial charge in [0.15, 0.2) is 0 Å². The van der Waals surface area contributed by atoms with Crippen LogP contribution >= 0.6 is 0 Å². The molecule has 0 radical (unpaired) electrons. The third-order valence-corrected chi connectivity index (χ3v) is 12.1. The van der Waals surface area contributed by atoms with Crippen molar-refractivity contribution in [2.45, 2.75) is 0 Å². The van der Waals surface area contributed by atoms with E-state index >= 15 is 0 Å². The van der Waals surface area contributed by atoms with Crippen LogP contribution in [0.15, 0.2) is 233 Å². The minimum atomic E-state index is 0.877. The van der Waals surface area contributed by atoms with Crippen molar-refractivity contribution >= 4 is 71.7 Å². The van der Waals surface area contributed by atoms with Gasteiger partial charge in [-0.05, 0) is 116 Å². The maximum atomic E-state index is 6.37. The first kappa shape index (κ1) is 34.9. The molecule has 0 amide bonds. The van der Waals surface area contributed by atoms with Crippen LogP contribution in [-0.2, 0) is 0 Å². The molecule has 3 nitrogen and oxygen atoms in total. The Labute approximate surface area is 353 Å². The number of furan rings is 2. The second-order valence-electron chi connectivity index (χ2n) is 15.7. The summed E-state index contributed by atoms with van der Waals surface area (Å²) in [7, 11) is 0. The molecule has 0 saturated heterocycles. The average molecular weight is 780 g/mol. The summed E-state index contributed by atoms with van der Waals surface area (Å²) in [6, 6.07) is 80.0. The SMILES string of the molecule is c1ccc(N(c2ccc(-c3ccc(-c4cccc5ccccc45)cc3)cc2)c2ccc(-c3ccc4c(c3)oc3ccccc34)cc2)c(-c2ccc3c(c2)oc2ccccc23)c1. The Bertz CT molecular complexity index is 3570. The normalized spacial score (nSPS) is 11.6. The van der Waals surface area contributed by atoms with Gasteiger partial charge < -0.3 is 13.7 Å². The maximum Gasteiger partial charge on any atom is 0.136 e. The predicted molar refractivity (Wildman–Crippen MR) is 255 cm³/mol. The Kier molecular flexibility index (Phi) is 8.17. The van der Waals surface area contributed by atoms with Crippen molar-refractivity contribution in [1.82, 2.24) is 0 Å². The van der Waals surface area contributed by atoms with Gasteiger partial charge in [0.2, 0.25) is 0 Å². The van der Waals surface area contributed by atoms with E-state index in [1.807, 2.05) is 24.3 Å². The molecule has 61 heavy (non-hydrogen) atoms. The Hall–Kier alpha value is -8.14. The van der Waals surface area contributed by atoms with Crippen molar-refractivity contribution in [2.24, 2.45) is 0 Å². The molecule has 10 aromatic carbocycles. The van der Waals surface area contributed by atoms with Gasteiger partial charge in [0, 0.05) is 38.5 Å². The zero-order valence-corrected chi connectivity index (χ0v) is 33.1. The number of nitrogens with zero attached hydrogens (tertiary/aromatic N) is 1. The Balaban J connectivity index is 0.935. The molecule has 286 valence electrons. The quantitative estimate of drug-likeness (QED) is 0.161. The molecular weight excluding hydrogens is 743 g/mol. The number of fused-ring (bicyclic) bond motifs is 7. The molecule has 12 rings (SSSR count). The largest absolute Gasteiger partial charge is 0.456 e. The summed E-state index contributed by atoms with van der Waals surface area (Å²) in [5, 5.41) is 7.02. The summed E-state index contributed by atoms with van der Waals surface area (Å²) in [6.07, 6.45) is 0. The highest BCUT2D eigenvalue weighted by molar-refractivity contribution is 6.07. The van der Waals surface area contributed by atoms with E-state index in [0.29, 0.717) is 0 Å². The summed E-state index contributed by atoms with van der Waals surface area (Å²) < 4.78 is 12.6. The van der Waals surface area contributed by atoms with Crippen molar-refractivity contribution in [1.29, 1.82) is 0 Å². The van der Waals surface area contributed by atoms with Gasteiger partial charge in [0.25, 0.3) is 0 Å². The number of anilines is 3. The van der Waals surface area contributed by atoms with Gasteiger partial charge in [0.05, 0.1) is 5.69 Å². The summed E-state index contributed by atoms with van der Waals surface area (Å²) >= 11 is 0. The number of para-hydroxylation sites is 3. The number of hydrogen-bond acceptors (Lipinski definition) is 3. The van der Waals surface area contributed by atoms with Crippen LogP contribution in [0.5, 0.6) is 0 Å². The second-order valence-corrected chi connectivity index (χ2v) is 15.7. The number of benzene rings is 10. The highest BCUT2D eigenvalue weighted by Gasteiger charge is 2.19. The summed E-state index contributed by atoms with van der Waals surface area (Å²) in [5.41, 5.74) is 16.0. The van der Waals surface area contributed by atoms with Crippen LogP contribution in [0.1, 0.15) is 0 Å². The van der Waals surface area contributed by atoms with Crippen LogP contribution in [0, 0.1) is 0 Å². The lowest BCUT2D eigenvalue weighted by Gasteiger charge is -2.28. The molecule has 0 saturated carbocycles. The van der Waals surface area contributed by atoms with Crippen molar-refractivity contribution in [3.05, 3.63) is 224 Å². The van der Waals surface area contributed by atoms with E-state index in [1.165, 1.54) is 27.5 Å². The van der Waals surface area contributed by atoms with Gasteiger partial charge in [-0.2, -0.15) is 0 Å². The first-order valence-corrected chi connectivity index (χ1v) is 20.7.